The van der Waals surface area contributed by atoms with Crippen molar-refractivity contribution in [3.63, 3.8) is 0 Å². The zero-order valence-electron chi connectivity index (χ0n) is 12.7. The van der Waals surface area contributed by atoms with Crippen LogP contribution in [0.5, 0.6) is 11.5 Å². The minimum Gasteiger partial charge on any atom is -0.497 e. The Bertz CT molecular complexity index is 412. The highest BCUT2D eigenvalue weighted by Crippen LogP contribution is 2.29. The molecule has 20 heavy (non-hydrogen) atoms. The molecule has 0 fully saturated rings. The smallest absolute Gasteiger partial charge is 0.123 e. The van der Waals surface area contributed by atoms with E-state index in [0.717, 1.165) is 17.1 Å². The van der Waals surface area contributed by atoms with Gasteiger partial charge in [-0.25, -0.2) is 0 Å². The van der Waals surface area contributed by atoms with E-state index in [-0.39, 0.29) is 24.6 Å². The molecule has 1 aromatic carbocycles. The van der Waals surface area contributed by atoms with Gasteiger partial charge in [0.1, 0.15) is 11.5 Å². The van der Waals surface area contributed by atoms with Gasteiger partial charge in [0.25, 0.3) is 0 Å². The summed E-state index contributed by atoms with van der Waals surface area (Å²) in [6.07, 6.45) is 0. The second-order valence-corrected chi connectivity index (χ2v) is 5.01. The molecule has 0 aromatic heterocycles. The van der Waals surface area contributed by atoms with Gasteiger partial charge in [-0.1, -0.05) is 6.92 Å². The fourth-order valence-electron chi connectivity index (χ4n) is 2.04. The summed E-state index contributed by atoms with van der Waals surface area (Å²) in [5.41, 5.74) is 6.85. The molecule has 114 valence electrons. The van der Waals surface area contributed by atoms with E-state index in [9.17, 15) is 5.11 Å². The number of aliphatic hydroxyl groups excluding tert-OH is 1. The van der Waals surface area contributed by atoms with Crippen LogP contribution < -0.4 is 20.5 Å². The lowest BCUT2D eigenvalue weighted by Crippen LogP contribution is -2.39. The van der Waals surface area contributed by atoms with E-state index in [2.05, 4.69) is 5.32 Å². The number of hydrogen-bond donors (Lipinski definition) is 3. The summed E-state index contributed by atoms with van der Waals surface area (Å²) in [4.78, 5) is 0. The van der Waals surface area contributed by atoms with Crippen molar-refractivity contribution >= 4 is 0 Å². The third kappa shape index (κ3) is 4.10. The van der Waals surface area contributed by atoms with Crippen molar-refractivity contribution in [1.29, 1.82) is 0 Å². The lowest BCUT2D eigenvalue weighted by molar-refractivity contribution is 0.201. The highest BCUT2D eigenvalue weighted by atomic mass is 16.5. The van der Waals surface area contributed by atoms with Gasteiger partial charge in [0.15, 0.2) is 0 Å². The first kappa shape index (κ1) is 16.8. The molecule has 0 saturated heterocycles. The summed E-state index contributed by atoms with van der Waals surface area (Å²) >= 11 is 0. The Hall–Kier alpha value is -1.30. The summed E-state index contributed by atoms with van der Waals surface area (Å²) in [5.74, 6) is 1.70. The van der Waals surface area contributed by atoms with Gasteiger partial charge in [0.2, 0.25) is 0 Å². The first-order chi connectivity index (χ1) is 9.57. The van der Waals surface area contributed by atoms with E-state index < -0.39 is 0 Å². The number of rotatable bonds is 8. The molecule has 0 aliphatic heterocycles. The summed E-state index contributed by atoms with van der Waals surface area (Å²) in [6, 6.07) is 5.75. The summed E-state index contributed by atoms with van der Waals surface area (Å²) in [7, 11) is 3.27. The van der Waals surface area contributed by atoms with Crippen LogP contribution >= 0.6 is 0 Å². The van der Waals surface area contributed by atoms with Crippen LogP contribution in [-0.4, -0.2) is 38.5 Å². The summed E-state index contributed by atoms with van der Waals surface area (Å²) in [6.45, 7) is 4.61. The molecule has 0 heterocycles. The minimum atomic E-state index is -0.0518. The van der Waals surface area contributed by atoms with Crippen molar-refractivity contribution < 1.29 is 14.6 Å². The van der Waals surface area contributed by atoms with Crippen molar-refractivity contribution in [3.8, 4) is 11.5 Å². The number of methoxy groups -OCH3 is 2. The maximum atomic E-state index is 9.23. The third-order valence-electron chi connectivity index (χ3n) is 3.65. The van der Waals surface area contributed by atoms with Crippen LogP contribution in [0.1, 0.15) is 25.5 Å². The van der Waals surface area contributed by atoms with Crippen LogP contribution in [-0.2, 0) is 0 Å². The van der Waals surface area contributed by atoms with Gasteiger partial charge in [-0.05, 0) is 31.0 Å². The predicted octanol–water partition coefficient (Wildman–Crippen LogP) is 1.31. The summed E-state index contributed by atoms with van der Waals surface area (Å²) < 4.78 is 10.7. The van der Waals surface area contributed by atoms with Crippen LogP contribution in [0.2, 0.25) is 0 Å². The number of nitrogens with two attached hydrogens (primary N) is 1. The van der Waals surface area contributed by atoms with Crippen LogP contribution in [0, 0.1) is 5.92 Å². The molecule has 0 aliphatic rings. The van der Waals surface area contributed by atoms with E-state index in [1.807, 2.05) is 32.0 Å². The number of hydrogen-bond acceptors (Lipinski definition) is 5. The first-order valence-corrected chi connectivity index (χ1v) is 6.86. The predicted molar refractivity (Wildman–Crippen MR) is 80.2 cm³/mol. The number of aliphatic hydroxyl groups is 1. The topological polar surface area (TPSA) is 76.7 Å². The molecule has 0 radical (unpaired) electrons. The highest BCUT2D eigenvalue weighted by Gasteiger charge is 2.20. The van der Waals surface area contributed by atoms with Gasteiger partial charge in [-0.3, -0.25) is 0 Å². The number of ether oxygens (including phenoxy) is 2. The molecule has 1 rings (SSSR count). The minimum absolute atomic E-state index is 0.0518. The molecule has 0 spiro atoms. The van der Waals surface area contributed by atoms with Crippen molar-refractivity contribution in [2.24, 2.45) is 11.7 Å². The van der Waals surface area contributed by atoms with Crippen LogP contribution in [0.3, 0.4) is 0 Å². The highest BCUT2D eigenvalue weighted by molar-refractivity contribution is 5.42. The quantitative estimate of drug-likeness (QED) is 0.670. The van der Waals surface area contributed by atoms with Gasteiger partial charge in [-0.2, -0.15) is 0 Å². The van der Waals surface area contributed by atoms with Gasteiger partial charge < -0.3 is 25.6 Å². The van der Waals surface area contributed by atoms with Crippen molar-refractivity contribution in [3.05, 3.63) is 23.8 Å². The zero-order chi connectivity index (χ0) is 15.1. The molecule has 4 N–H and O–H groups in total. The fraction of sp³-hybridized carbons (Fsp3) is 0.600. The Balaban J connectivity index is 2.98. The molecular formula is C15H26N2O3. The van der Waals surface area contributed by atoms with E-state index in [4.69, 9.17) is 15.2 Å². The van der Waals surface area contributed by atoms with Gasteiger partial charge in [0.05, 0.1) is 14.2 Å². The molecule has 0 saturated carbocycles. The monoisotopic (exact) mass is 282 g/mol. The second-order valence-electron chi connectivity index (χ2n) is 5.01. The molecule has 0 amide bonds. The Morgan fingerprint density at radius 2 is 1.95 bits per heavy atom. The maximum absolute atomic E-state index is 9.23. The first-order valence-electron chi connectivity index (χ1n) is 6.86. The van der Waals surface area contributed by atoms with E-state index in [0.29, 0.717) is 6.54 Å². The second kappa shape index (κ2) is 8.09. The fourth-order valence-corrected chi connectivity index (χ4v) is 2.04. The SMILES string of the molecule is COc1ccc(OC)c(C(CN)NC(C)C(C)CO)c1. The molecule has 5 nitrogen and oxygen atoms in total. The van der Waals surface area contributed by atoms with Crippen LogP contribution in [0.25, 0.3) is 0 Å². The zero-order valence-corrected chi connectivity index (χ0v) is 12.7. The standard InChI is InChI=1S/C15H26N2O3/c1-10(9-18)11(2)17-14(8-16)13-7-12(19-3)5-6-15(13)20-4/h5-7,10-11,14,17-18H,8-9,16H2,1-4H3. The van der Waals surface area contributed by atoms with Crippen molar-refractivity contribution in [2.45, 2.75) is 25.9 Å². The Morgan fingerprint density at radius 3 is 2.45 bits per heavy atom. The normalized spacial score (nSPS) is 15.5. The lowest BCUT2D eigenvalue weighted by atomic mass is 10.00. The summed E-state index contributed by atoms with van der Waals surface area (Å²) in [5, 5.41) is 12.7. The Morgan fingerprint density at radius 1 is 1.25 bits per heavy atom. The molecule has 3 atom stereocenters. The number of nitrogens with one attached hydrogen (secondary N) is 1. The molecule has 0 aliphatic carbocycles. The van der Waals surface area contributed by atoms with Crippen molar-refractivity contribution in [2.75, 3.05) is 27.4 Å². The maximum Gasteiger partial charge on any atom is 0.123 e. The van der Waals surface area contributed by atoms with Gasteiger partial charge in [-0.15, -0.1) is 0 Å². The van der Waals surface area contributed by atoms with E-state index in [1.54, 1.807) is 14.2 Å². The number of benzene rings is 1. The van der Waals surface area contributed by atoms with Crippen molar-refractivity contribution in [1.82, 2.24) is 5.32 Å². The third-order valence-corrected chi connectivity index (χ3v) is 3.65. The van der Waals surface area contributed by atoms with E-state index in [1.165, 1.54) is 0 Å². The molecule has 0 bridgehead atoms. The Labute approximate surface area is 121 Å². The molecule has 5 heteroatoms. The van der Waals surface area contributed by atoms with E-state index >= 15 is 0 Å². The van der Waals surface area contributed by atoms with Crippen LogP contribution in [0.4, 0.5) is 0 Å². The van der Waals surface area contributed by atoms with Gasteiger partial charge in [0, 0.05) is 30.8 Å². The Kier molecular flexibility index (Phi) is 6.78. The molecular weight excluding hydrogens is 256 g/mol. The largest absolute Gasteiger partial charge is 0.497 e. The lowest BCUT2D eigenvalue weighted by Gasteiger charge is -2.27. The van der Waals surface area contributed by atoms with Gasteiger partial charge >= 0.3 is 0 Å². The average Bonchev–Trinajstić information content (AvgIpc) is 2.50. The van der Waals surface area contributed by atoms with Crippen LogP contribution in [0.15, 0.2) is 18.2 Å². The molecule has 3 unspecified atom stereocenters. The average molecular weight is 282 g/mol. The molecule has 1 aromatic rings.